The first-order valence-electron chi connectivity index (χ1n) is 4.69. The Labute approximate surface area is 107 Å². The van der Waals surface area contributed by atoms with Crippen LogP contribution in [0.25, 0.3) is 0 Å². The SMILES string of the molecule is Clc1ccc(CNc2ncncc2Br)cc1. The highest BCUT2D eigenvalue weighted by Crippen LogP contribution is 2.18. The number of anilines is 1. The molecule has 5 heteroatoms. The van der Waals surface area contributed by atoms with E-state index in [0.29, 0.717) is 6.54 Å². The van der Waals surface area contributed by atoms with Crippen LogP contribution in [0.3, 0.4) is 0 Å². The Morgan fingerprint density at radius 2 is 2.00 bits per heavy atom. The third-order valence-electron chi connectivity index (χ3n) is 2.04. The molecule has 0 radical (unpaired) electrons. The molecule has 0 aliphatic carbocycles. The van der Waals surface area contributed by atoms with E-state index in [9.17, 15) is 0 Å². The van der Waals surface area contributed by atoms with Gasteiger partial charge in [-0.2, -0.15) is 0 Å². The van der Waals surface area contributed by atoms with Gasteiger partial charge in [-0.1, -0.05) is 23.7 Å². The van der Waals surface area contributed by atoms with Gasteiger partial charge in [0.1, 0.15) is 12.1 Å². The van der Waals surface area contributed by atoms with E-state index in [1.165, 1.54) is 6.33 Å². The van der Waals surface area contributed by atoms with E-state index >= 15 is 0 Å². The van der Waals surface area contributed by atoms with Gasteiger partial charge in [0.05, 0.1) is 4.47 Å². The van der Waals surface area contributed by atoms with E-state index in [-0.39, 0.29) is 0 Å². The number of halogens is 2. The van der Waals surface area contributed by atoms with Crippen LogP contribution in [0.2, 0.25) is 5.02 Å². The fourth-order valence-electron chi connectivity index (χ4n) is 1.23. The van der Waals surface area contributed by atoms with Crippen molar-refractivity contribution in [3.8, 4) is 0 Å². The molecular weight excluding hydrogens is 289 g/mol. The summed E-state index contributed by atoms with van der Waals surface area (Å²) in [5.41, 5.74) is 1.15. The summed E-state index contributed by atoms with van der Waals surface area (Å²) in [6, 6.07) is 7.69. The normalized spacial score (nSPS) is 10.1. The fraction of sp³-hybridized carbons (Fsp3) is 0.0909. The van der Waals surface area contributed by atoms with Crippen LogP contribution in [0.15, 0.2) is 41.3 Å². The maximum absolute atomic E-state index is 5.81. The summed E-state index contributed by atoms with van der Waals surface area (Å²) in [6.45, 7) is 0.701. The van der Waals surface area contributed by atoms with Crippen LogP contribution < -0.4 is 5.32 Å². The van der Waals surface area contributed by atoms with Gasteiger partial charge in [-0.05, 0) is 33.6 Å². The minimum absolute atomic E-state index is 0.701. The van der Waals surface area contributed by atoms with Gasteiger partial charge in [0.25, 0.3) is 0 Å². The van der Waals surface area contributed by atoms with Crippen molar-refractivity contribution >= 4 is 33.3 Å². The number of aromatic nitrogens is 2. The van der Waals surface area contributed by atoms with Crippen LogP contribution in [-0.2, 0) is 6.54 Å². The van der Waals surface area contributed by atoms with E-state index in [1.807, 2.05) is 24.3 Å². The van der Waals surface area contributed by atoms with Crippen molar-refractivity contribution in [1.82, 2.24) is 9.97 Å². The molecule has 0 fully saturated rings. The number of nitrogens with one attached hydrogen (secondary N) is 1. The van der Waals surface area contributed by atoms with Crippen LogP contribution in [0.1, 0.15) is 5.56 Å². The van der Waals surface area contributed by atoms with Crippen molar-refractivity contribution in [2.45, 2.75) is 6.54 Å². The highest BCUT2D eigenvalue weighted by molar-refractivity contribution is 9.10. The number of hydrogen-bond acceptors (Lipinski definition) is 3. The summed E-state index contributed by atoms with van der Waals surface area (Å²) in [5, 5.41) is 3.95. The summed E-state index contributed by atoms with van der Waals surface area (Å²) in [7, 11) is 0. The molecule has 0 saturated carbocycles. The Morgan fingerprint density at radius 1 is 1.25 bits per heavy atom. The Balaban J connectivity index is 2.02. The van der Waals surface area contributed by atoms with Gasteiger partial charge in [0.2, 0.25) is 0 Å². The Morgan fingerprint density at radius 3 is 2.69 bits per heavy atom. The quantitative estimate of drug-likeness (QED) is 0.942. The Hall–Kier alpha value is -1.13. The molecule has 0 aliphatic rings. The fourth-order valence-corrected chi connectivity index (χ4v) is 1.72. The average molecular weight is 299 g/mol. The topological polar surface area (TPSA) is 37.8 Å². The van der Waals surface area contributed by atoms with E-state index < -0.39 is 0 Å². The maximum atomic E-state index is 5.81. The van der Waals surface area contributed by atoms with Crippen LogP contribution >= 0.6 is 27.5 Å². The molecule has 0 spiro atoms. The predicted molar refractivity (Wildman–Crippen MR) is 68.5 cm³/mol. The Bertz CT molecular complexity index is 473. The molecule has 0 atom stereocenters. The number of nitrogens with zero attached hydrogens (tertiary/aromatic N) is 2. The van der Waals surface area contributed by atoms with Gasteiger partial charge in [-0.15, -0.1) is 0 Å². The second kappa shape index (κ2) is 5.27. The lowest BCUT2D eigenvalue weighted by molar-refractivity contribution is 1.07. The monoisotopic (exact) mass is 297 g/mol. The standard InChI is InChI=1S/C11H9BrClN3/c12-10-6-14-7-16-11(10)15-5-8-1-3-9(13)4-2-8/h1-4,6-7H,5H2,(H,14,15,16). The van der Waals surface area contributed by atoms with E-state index in [4.69, 9.17) is 11.6 Å². The molecule has 2 rings (SSSR count). The van der Waals surface area contributed by atoms with Gasteiger partial charge >= 0.3 is 0 Å². The van der Waals surface area contributed by atoms with Gasteiger partial charge < -0.3 is 5.32 Å². The lowest BCUT2D eigenvalue weighted by Gasteiger charge is -2.06. The number of hydrogen-bond donors (Lipinski definition) is 1. The summed E-state index contributed by atoms with van der Waals surface area (Å²) in [5.74, 6) is 0.782. The second-order valence-electron chi connectivity index (χ2n) is 3.20. The lowest BCUT2D eigenvalue weighted by Crippen LogP contribution is -2.02. The number of benzene rings is 1. The van der Waals surface area contributed by atoms with E-state index in [2.05, 4.69) is 31.2 Å². The largest absolute Gasteiger partial charge is 0.365 e. The van der Waals surface area contributed by atoms with Crippen molar-refractivity contribution in [1.29, 1.82) is 0 Å². The van der Waals surface area contributed by atoms with E-state index in [1.54, 1.807) is 6.20 Å². The first-order chi connectivity index (χ1) is 7.75. The zero-order chi connectivity index (χ0) is 11.4. The molecule has 1 aromatic carbocycles. The third kappa shape index (κ3) is 2.93. The molecule has 1 N–H and O–H groups in total. The van der Waals surface area contributed by atoms with Gasteiger partial charge in [0.15, 0.2) is 0 Å². The van der Waals surface area contributed by atoms with Crippen molar-refractivity contribution in [3.05, 3.63) is 51.8 Å². The predicted octanol–water partition coefficient (Wildman–Crippen LogP) is 3.50. The molecule has 82 valence electrons. The highest BCUT2D eigenvalue weighted by atomic mass is 79.9. The molecule has 0 unspecified atom stereocenters. The van der Waals surface area contributed by atoms with Crippen molar-refractivity contribution in [2.24, 2.45) is 0 Å². The van der Waals surface area contributed by atoms with Crippen molar-refractivity contribution < 1.29 is 0 Å². The molecule has 1 aromatic heterocycles. The summed E-state index contributed by atoms with van der Waals surface area (Å²) in [6.07, 6.45) is 3.21. The molecule has 3 nitrogen and oxygen atoms in total. The average Bonchev–Trinajstić information content (AvgIpc) is 2.30. The number of rotatable bonds is 3. The molecule has 0 aliphatic heterocycles. The van der Waals surface area contributed by atoms with Crippen LogP contribution in [0.5, 0.6) is 0 Å². The molecule has 1 heterocycles. The van der Waals surface area contributed by atoms with Crippen molar-refractivity contribution in [3.63, 3.8) is 0 Å². The highest BCUT2D eigenvalue weighted by Gasteiger charge is 1.99. The second-order valence-corrected chi connectivity index (χ2v) is 4.49. The zero-order valence-corrected chi connectivity index (χ0v) is 10.7. The van der Waals surface area contributed by atoms with Crippen molar-refractivity contribution in [2.75, 3.05) is 5.32 Å². The smallest absolute Gasteiger partial charge is 0.144 e. The minimum Gasteiger partial charge on any atom is -0.365 e. The van der Waals surface area contributed by atoms with Crippen LogP contribution in [-0.4, -0.2) is 9.97 Å². The van der Waals surface area contributed by atoms with Gasteiger partial charge in [-0.3, -0.25) is 0 Å². The molecule has 0 amide bonds. The first-order valence-corrected chi connectivity index (χ1v) is 5.86. The molecule has 2 aromatic rings. The van der Waals surface area contributed by atoms with Crippen LogP contribution in [0, 0.1) is 0 Å². The molecule has 0 bridgehead atoms. The van der Waals surface area contributed by atoms with Crippen LogP contribution in [0.4, 0.5) is 5.82 Å². The first kappa shape index (κ1) is 11.4. The summed E-state index contributed by atoms with van der Waals surface area (Å²) < 4.78 is 0.851. The zero-order valence-electron chi connectivity index (χ0n) is 8.32. The Kier molecular flexibility index (Phi) is 3.74. The maximum Gasteiger partial charge on any atom is 0.144 e. The molecule has 0 saturated heterocycles. The van der Waals surface area contributed by atoms with Gasteiger partial charge in [-0.25, -0.2) is 9.97 Å². The molecular formula is C11H9BrClN3. The minimum atomic E-state index is 0.701. The molecule has 16 heavy (non-hydrogen) atoms. The third-order valence-corrected chi connectivity index (χ3v) is 2.87. The van der Waals surface area contributed by atoms with Gasteiger partial charge in [0, 0.05) is 17.8 Å². The lowest BCUT2D eigenvalue weighted by atomic mass is 10.2. The summed E-state index contributed by atoms with van der Waals surface area (Å²) in [4.78, 5) is 8.01. The summed E-state index contributed by atoms with van der Waals surface area (Å²) >= 11 is 9.18. The van der Waals surface area contributed by atoms with E-state index in [0.717, 1.165) is 20.9 Å².